The highest BCUT2D eigenvalue weighted by Crippen LogP contribution is 2.37. The fourth-order valence-electron chi connectivity index (χ4n) is 2.31. The van der Waals surface area contributed by atoms with Gasteiger partial charge in [0.05, 0.1) is 15.1 Å². The topological polar surface area (TPSA) is 49.7 Å². The van der Waals surface area contributed by atoms with Crippen LogP contribution in [0, 0.1) is 0 Å². The summed E-state index contributed by atoms with van der Waals surface area (Å²) < 4.78 is 5.70. The Labute approximate surface area is 160 Å². The summed E-state index contributed by atoms with van der Waals surface area (Å²) in [6.07, 6.45) is 0.678. The van der Waals surface area contributed by atoms with Crippen LogP contribution in [-0.4, -0.2) is 10.2 Å². The van der Waals surface area contributed by atoms with Gasteiger partial charge in [0.2, 0.25) is 0 Å². The second-order valence-corrected chi connectivity index (χ2v) is 6.67. The average Bonchev–Trinajstić information content (AvgIpc) is 2.58. The van der Waals surface area contributed by atoms with Crippen LogP contribution in [0.4, 0.5) is 0 Å². The van der Waals surface area contributed by atoms with Gasteiger partial charge in [-0.05, 0) is 41.8 Å². The van der Waals surface area contributed by atoms with Gasteiger partial charge >= 0.3 is 0 Å². The molecular formula is C19H13Cl3O3. The lowest BCUT2D eigenvalue weighted by molar-refractivity contribution is 0.465. The second kappa shape index (κ2) is 7.44. The molecule has 0 aliphatic rings. The first-order valence-corrected chi connectivity index (χ1v) is 8.48. The quantitative estimate of drug-likeness (QED) is 0.534. The van der Waals surface area contributed by atoms with E-state index in [0.717, 1.165) is 11.1 Å². The number of hydrogen-bond acceptors (Lipinski definition) is 3. The van der Waals surface area contributed by atoms with Crippen molar-refractivity contribution in [2.24, 2.45) is 0 Å². The van der Waals surface area contributed by atoms with Crippen molar-refractivity contribution in [3.63, 3.8) is 0 Å². The van der Waals surface area contributed by atoms with Crippen molar-refractivity contribution in [2.45, 2.75) is 6.42 Å². The third kappa shape index (κ3) is 4.31. The second-order valence-electron chi connectivity index (χ2n) is 5.44. The van der Waals surface area contributed by atoms with E-state index < -0.39 is 0 Å². The minimum Gasteiger partial charge on any atom is -0.506 e. The van der Waals surface area contributed by atoms with Gasteiger partial charge in [0.15, 0.2) is 5.75 Å². The van der Waals surface area contributed by atoms with Crippen molar-refractivity contribution in [1.82, 2.24) is 0 Å². The van der Waals surface area contributed by atoms with E-state index in [2.05, 4.69) is 0 Å². The van der Waals surface area contributed by atoms with Gasteiger partial charge in [0.1, 0.15) is 17.2 Å². The predicted octanol–water partition coefficient (Wildman–Crippen LogP) is 6.44. The van der Waals surface area contributed by atoms with Crippen molar-refractivity contribution in [3.8, 4) is 23.0 Å². The van der Waals surface area contributed by atoms with Crippen LogP contribution in [0.15, 0.2) is 54.6 Å². The summed E-state index contributed by atoms with van der Waals surface area (Å²) in [6, 6.07) is 15.6. The zero-order valence-corrected chi connectivity index (χ0v) is 15.1. The Morgan fingerprint density at radius 1 is 0.680 bits per heavy atom. The van der Waals surface area contributed by atoms with Crippen molar-refractivity contribution >= 4 is 34.8 Å². The molecule has 0 atom stereocenters. The van der Waals surface area contributed by atoms with E-state index in [1.54, 1.807) is 12.1 Å². The molecular weight excluding hydrogens is 383 g/mol. The molecule has 3 aromatic rings. The molecule has 0 aromatic heterocycles. The minimum atomic E-state index is -0.168. The van der Waals surface area contributed by atoms with E-state index in [0.29, 0.717) is 22.9 Å². The highest BCUT2D eigenvalue weighted by atomic mass is 35.5. The maximum Gasteiger partial charge on any atom is 0.153 e. The Bertz CT molecular complexity index is 885. The number of phenols is 2. The van der Waals surface area contributed by atoms with Gasteiger partial charge in [-0.2, -0.15) is 0 Å². The molecule has 128 valence electrons. The number of halogens is 3. The summed E-state index contributed by atoms with van der Waals surface area (Å²) in [4.78, 5) is 0. The lowest BCUT2D eigenvalue weighted by Crippen LogP contribution is -1.90. The van der Waals surface area contributed by atoms with E-state index in [1.807, 2.05) is 30.3 Å². The fraction of sp³-hybridized carbons (Fsp3) is 0.0526. The molecule has 0 aliphatic heterocycles. The zero-order chi connectivity index (χ0) is 18.0. The lowest BCUT2D eigenvalue weighted by atomic mass is 10.0. The van der Waals surface area contributed by atoms with Gasteiger partial charge in [0, 0.05) is 12.1 Å². The van der Waals surface area contributed by atoms with Gasteiger partial charge in [0.25, 0.3) is 0 Å². The van der Waals surface area contributed by atoms with Crippen LogP contribution in [0.25, 0.3) is 0 Å². The molecule has 3 nitrogen and oxygen atoms in total. The van der Waals surface area contributed by atoms with Gasteiger partial charge in [-0.3, -0.25) is 0 Å². The molecule has 0 aliphatic carbocycles. The first kappa shape index (κ1) is 17.7. The Morgan fingerprint density at radius 3 is 1.88 bits per heavy atom. The van der Waals surface area contributed by atoms with Crippen molar-refractivity contribution in [3.05, 3.63) is 80.8 Å². The Kier molecular flexibility index (Phi) is 5.28. The molecule has 3 aromatic carbocycles. The van der Waals surface area contributed by atoms with Crippen LogP contribution < -0.4 is 4.74 Å². The third-order valence-corrected chi connectivity index (χ3v) is 4.45. The average molecular weight is 396 g/mol. The van der Waals surface area contributed by atoms with Crippen LogP contribution >= 0.6 is 34.8 Å². The first-order chi connectivity index (χ1) is 11.9. The zero-order valence-electron chi connectivity index (χ0n) is 12.8. The summed E-state index contributed by atoms with van der Waals surface area (Å²) in [5.41, 5.74) is 2.06. The summed E-state index contributed by atoms with van der Waals surface area (Å²) in [5.74, 6) is 0.954. The summed E-state index contributed by atoms with van der Waals surface area (Å²) >= 11 is 17.7. The summed E-state index contributed by atoms with van der Waals surface area (Å²) in [7, 11) is 0. The maximum absolute atomic E-state index is 9.57. The maximum atomic E-state index is 9.57. The van der Waals surface area contributed by atoms with E-state index in [4.69, 9.17) is 39.5 Å². The molecule has 6 heteroatoms. The van der Waals surface area contributed by atoms with E-state index in [1.165, 1.54) is 12.1 Å². The molecule has 0 heterocycles. The molecule has 0 saturated heterocycles. The highest BCUT2D eigenvalue weighted by Gasteiger charge is 2.08. The van der Waals surface area contributed by atoms with Gasteiger partial charge in [-0.1, -0.05) is 53.0 Å². The minimum absolute atomic E-state index is 0.0698. The summed E-state index contributed by atoms with van der Waals surface area (Å²) in [5, 5.41) is 19.6. The van der Waals surface area contributed by atoms with E-state index in [9.17, 15) is 10.2 Å². The number of aromatic hydroxyl groups is 2. The molecule has 0 bridgehead atoms. The highest BCUT2D eigenvalue weighted by molar-refractivity contribution is 6.37. The van der Waals surface area contributed by atoms with Crippen molar-refractivity contribution in [2.75, 3.05) is 0 Å². The smallest absolute Gasteiger partial charge is 0.153 e. The SMILES string of the molecule is Oc1ccc(Cc2ccc(Oc3cc(Cl)c(O)c(Cl)c3)cc2)cc1Cl. The molecule has 25 heavy (non-hydrogen) atoms. The Hall–Kier alpha value is -2.07. The lowest BCUT2D eigenvalue weighted by Gasteiger charge is -2.09. The standard InChI is InChI=1S/C19H13Cl3O3/c20-15-8-12(3-6-18(15)23)7-11-1-4-13(5-2-11)25-14-9-16(21)19(24)17(22)10-14/h1-6,8-10,23-24H,7H2. The van der Waals surface area contributed by atoms with Gasteiger partial charge < -0.3 is 14.9 Å². The van der Waals surface area contributed by atoms with E-state index in [-0.39, 0.29) is 21.5 Å². The molecule has 2 N–H and O–H groups in total. The number of rotatable bonds is 4. The van der Waals surface area contributed by atoms with Crippen molar-refractivity contribution in [1.29, 1.82) is 0 Å². The van der Waals surface area contributed by atoms with Gasteiger partial charge in [-0.25, -0.2) is 0 Å². The third-order valence-electron chi connectivity index (χ3n) is 3.57. The molecule has 0 saturated carbocycles. The van der Waals surface area contributed by atoms with Gasteiger partial charge in [-0.15, -0.1) is 0 Å². The normalized spacial score (nSPS) is 10.7. The number of phenolic OH excluding ortho intramolecular Hbond substituents is 2. The Balaban J connectivity index is 1.73. The molecule has 0 amide bonds. The van der Waals surface area contributed by atoms with Crippen LogP contribution in [0.2, 0.25) is 15.1 Å². The first-order valence-electron chi connectivity index (χ1n) is 7.34. The predicted molar refractivity (Wildman–Crippen MR) is 101 cm³/mol. The largest absolute Gasteiger partial charge is 0.506 e. The molecule has 0 radical (unpaired) electrons. The molecule has 0 spiro atoms. The van der Waals surface area contributed by atoms with E-state index >= 15 is 0 Å². The molecule has 0 fully saturated rings. The molecule has 3 rings (SSSR count). The Morgan fingerprint density at radius 2 is 1.28 bits per heavy atom. The number of benzene rings is 3. The monoisotopic (exact) mass is 394 g/mol. The number of ether oxygens (including phenoxy) is 1. The number of hydrogen-bond donors (Lipinski definition) is 2. The van der Waals surface area contributed by atoms with Crippen LogP contribution in [-0.2, 0) is 6.42 Å². The summed E-state index contributed by atoms with van der Waals surface area (Å²) in [6.45, 7) is 0. The van der Waals surface area contributed by atoms with Crippen LogP contribution in [0.1, 0.15) is 11.1 Å². The van der Waals surface area contributed by atoms with Crippen molar-refractivity contribution < 1.29 is 14.9 Å². The fourth-order valence-corrected chi connectivity index (χ4v) is 2.98. The van der Waals surface area contributed by atoms with Crippen LogP contribution in [0.5, 0.6) is 23.0 Å². The van der Waals surface area contributed by atoms with Crippen LogP contribution in [0.3, 0.4) is 0 Å². The molecule has 0 unspecified atom stereocenters.